The average molecular weight is 316 g/mol. The molecule has 8 heteroatoms. The van der Waals surface area contributed by atoms with Crippen LogP contribution in [0, 0.1) is 5.82 Å². The van der Waals surface area contributed by atoms with Gasteiger partial charge in [0.25, 0.3) is 0 Å². The highest BCUT2D eigenvalue weighted by Gasteiger charge is 2.25. The number of hydrogen-bond donors (Lipinski definition) is 2. The lowest BCUT2D eigenvalue weighted by molar-refractivity contribution is 0.0698. The van der Waals surface area contributed by atoms with Crippen LogP contribution in [-0.4, -0.2) is 36.9 Å². The second-order valence-electron chi connectivity index (χ2n) is 4.92. The van der Waals surface area contributed by atoms with Gasteiger partial charge in [-0.2, -0.15) is 12.7 Å². The number of aromatic carboxylic acids is 1. The van der Waals surface area contributed by atoms with Crippen molar-refractivity contribution >= 4 is 21.9 Å². The van der Waals surface area contributed by atoms with Crippen molar-refractivity contribution < 1.29 is 22.7 Å². The molecule has 1 aromatic carbocycles. The van der Waals surface area contributed by atoms with E-state index in [1.807, 2.05) is 0 Å². The smallest absolute Gasteiger partial charge is 0.337 e. The summed E-state index contributed by atoms with van der Waals surface area (Å²) in [4.78, 5) is 11.1. The molecule has 0 spiro atoms. The first-order valence-electron chi connectivity index (χ1n) is 6.71. The highest BCUT2D eigenvalue weighted by molar-refractivity contribution is 7.90. The van der Waals surface area contributed by atoms with Gasteiger partial charge in [0.05, 0.1) is 11.3 Å². The molecule has 0 aliphatic carbocycles. The number of halogens is 1. The molecule has 0 unspecified atom stereocenters. The number of rotatable bonds is 4. The van der Waals surface area contributed by atoms with Gasteiger partial charge in [-0.25, -0.2) is 9.18 Å². The van der Waals surface area contributed by atoms with Gasteiger partial charge in [-0.15, -0.1) is 0 Å². The molecule has 0 bridgehead atoms. The van der Waals surface area contributed by atoms with E-state index in [9.17, 15) is 17.6 Å². The molecule has 2 rings (SSSR count). The van der Waals surface area contributed by atoms with Crippen molar-refractivity contribution in [1.82, 2.24) is 4.31 Å². The van der Waals surface area contributed by atoms with Gasteiger partial charge in [0.1, 0.15) is 5.82 Å². The lowest BCUT2D eigenvalue weighted by Crippen LogP contribution is -2.36. The minimum absolute atomic E-state index is 0.258. The first-order chi connectivity index (χ1) is 9.90. The molecule has 0 radical (unpaired) electrons. The number of anilines is 1. The van der Waals surface area contributed by atoms with Gasteiger partial charge in [0, 0.05) is 13.1 Å². The van der Waals surface area contributed by atoms with E-state index in [1.165, 1.54) is 4.31 Å². The minimum Gasteiger partial charge on any atom is -0.478 e. The van der Waals surface area contributed by atoms with Gasteiger partial charge in [0.15, 0.2) is 0 Å². The number of hydrogen-bond acceptors (Lipinski definition) is 3. The molecule has 21 heavy (non-hydrogen) atoms. The summed E-state index contributed by atoms with van der Waals surface area (Å²) < 4.78 is 41.3. The Bertz CT molecular complexity index is 625. The van der Waals surface area contributed by atoms with Gasteiger partial charge in [-0.1, -0.05) is 12.8 Å². The first kappa shape index (κ1) is 15.7. The number of carbonyl (C=O) groups is 1. The highest BCUT2D eigenvalue weighted by Crippen LogP contribution is 2.21. The van der Waals surface area contributed by atoms with Gasteiger partial charge in [-0.3, -0.25) is 4.72 Å². The lowest BCUT2D eigenvalue weighted by atomic mass is 10.2. The normalized spacial score (nSPS) is 17.2. The average Bonchev–Trinajstić information content (AvgIpc) is 2.67. The standard InChI is InChI=1S/C13H17FN2O4S/c14-10-5-6-11(13(17)18)12(9-10)15-21(19,20)16-7-3-1-2-4-8-16/h5-6,9,15H,1-4,7-8H2,(H,17,18). The van der Waals surface area contributed by atoms with Crippen molar-refractivity contribution in [3.8, 4) is 0 Å². The van der Waals surface area contributed by atoms with E-state index >= 15 is 0 Å². The summed E-state index contributed by atoms with van der Waals surface area (Å²) in [5.41, 5.74) is -0.540. The lowest BCUT2D eigenvalue weighted by Gasteiger charge is -2.21. The molecular weight excluding hydrogens is 299 g/mol. The van der Waals surface area contributed by atoms with E-state index in [-0.39, 0.29) is 11.3 Å². The number of nitrogens with zero attached hydrogens (tertiary/aromatic N) is 1. The fourth-order valence-corrected chi connectivity index (χ4v) is 3.59. The maximum absolute atomic E-state index is 13.3. The van der Waals surface area contributed by atoms with Crippen LogP contribution in [0.2, 0.25) is 0 Å². The van der Waals surface area contributed by atoms with Crippen LogP contribution in [0.3, 0.4) is 0 Å². The topological polar surface area (TPSA) is 86.7 Å². The predicted octanol–water partition coefficient (Wildman–Crippen LogP) is 2.06. The summed E-state index contributed by atoms with van der Waals surface area (Å²) in [6.45, 7) is 0.764. The Hall–Kier alpha value is -1.67. The van der Waals surface area contributed by atoms with Gasteiger partial charge in [-0.05, 0) is 31.0 Å². The minimum atomic E-state index is -3.88. The van der Waals surface area contributed by atoms with E-state index in [0.29, 0.717) is 13.1 Å². The summed E-state index contributed by atoms with van der Waals surface area (Å²) in [5.74, 6) is -2.02. The van der Waals surface area contributed by atoms with Crippen LogP contribution in [0.4, 0.5) is 10.1 Å². The van der Waals surface area contributed by atoms with Crippen molar-refractivity contribution in [3.05, 3.63) is 29.6 Å². The Labute approximate surface area is 122 Å². The van der Waals surface area contributed by atoms with Crippen LogP contribution in [-0.2, 0) is 10.2 Å². The number of carboxylic acids is 1. The number of carboxylic acid groups (broad SMARTS) is 1. The van der Waals surface area contributed by atoms with Crippen LogP contribution < -0.4 is 4.72 Å². The Morgan fingerprint density at radius 3 is 2.38 bits per heavy atom. The summed E-state index contributed by atoms with van der Waals surface area (Å²) in [5, 5.41) is 9.04. The molecule has 0 aromatic heterocycles. The third kappa shape index (κ3) is 3.92. The Morgan fingerprint density at radius 2 is 1.81 bits per heavy atom. The maximum Gasteiger partial charge on any atom is 0.337 e. The Kier molecular flexibility index (Phi) is 4.79. The van der Waals surface area contributed by atoms with E-state index in [1.54, 1.807) is 0 Å². The van der Waals surface area contributed by atoms with Gasteiger partial charge < -0.3 is 5.11 Å². The molecule has 1 saturated heterocycles. The molecule has 1 aromatic rings. The van der Waals surface area contributed by atoms with Crippen LogP contribution in [0.25, 0.3) is 0 Å². The summed E-state index contributed by atoms with van der Waals surface area (Å²) in [7, 11) is -3.88. The molecule has 116 valence electrons. The van der Waals surface area contributed by atoms with E-state index in [2.05, 4.69) is 4.72 Å². The molecule has 1 aliphatic rings. The van der Waals surface area contributed by atoms with Gasteiger partial charge in [0.2, 0.25) is 0 Å². The second-order valence-corrected chi connectivity index (χ2v) is 6.59. The third-order valence-corrected chi connectivity index (χ3v) is 4.88. The fraction of sp³-hybridized carbons (Fsp3) is 0.462. The van der Waals surface area contributed by atoms with E-state index in [4.69, 9.17) is 5.11 Å². The zero-order chi connectivity index (χ0) is 15.5. The zero-order valence-corrected chi connectivity index (χ0v) is 12.2. The molecule has 1 fully saturated rings. The van der Waals surface area contributed by atoms with Crippen LogP contribution in [0.1, 0.15) is 36.0 Å². The summed E-state index contributed by atoms with van der Waals surface area (Å²) >= 11 is 0. The van der Waals surface area contributed by atoms with E-state index in [0.717, 1.165) is 43.9 Å². The van der Waals surface area contributed by atoms with Gasteiger partial charge >= 0.3 is 16.2 Å². The molecule has 2 N–H and O–H groups in total. The van der Waals surface area contributed by atoms with Crippen LogP contribution in [0.15, 0.2) is 18.2 Å². The largest absolute Gasteiger partial charge is 0.478 e. The van der Waals surface area contributed by atoms with Crippen molar-refractivity contribution in [2.45, 2.75) is 25.7 Å². The van der Waals surface area contributed by atoms with Crippen LogP contribution in [0.5, 0.6) is 0 Å². The second kappa shape index (κ2) is 6.40. The fourth-order valence-electron chi connectivity index (χ4n) is 2.27. The number of nitrogens with one attached hydrogen (secondary N) is 1. The Balaban J connectivity index is 2.27. The Morgan fingerprint density at radius 1 is 1.19 bits per heavy atom. The van der Waals surface area contributed by atoms with Crippen LogP contribution >= 0.6 is 0 Å². The SMILES string of the molecule is O=C(O)c1ccc(F)cc1NS(=O)(=O)N1CCCCCC1. The predicted molar refractivity (Wildman–Crippen MR) is 75.9 cm³/mol. The zero-order valence-electron chi connectivity index (χ0n) is 11.4. The monoisotopic (exact) mass is 316 g/mol. The summed E-state index contributed by atoms with van der Waals surface area (Å²) in [6.07, 6.45) is 3.45. The number of benzene rings is 1. The molecular formula is C13H17FN2O4S. The van der Waals surface area contributed by atoms with Crippen molar-refractivity contribution in [3.63, 3.8) is 0 Å². The maximum atomic E-state index is 13.3. The van der Waals surface area contributed by atoms with Crippen molar-refractivity contribution in [1.29, 1.82) is 0 Å². The highest BCUT2D eigenvalue weighted by atomic mass is 32.2. The molecule has 1 aliphatic heterocycles. The summed E-state index contributed by atoms with van der Waals surface area (Å²) in [6, 6.07) is 2.89. The quantitative estimate of drug-likeness (QED) is 0.890. The molecule has 0 amide bonds. The third-order valence-electron chi connectivity index (χ3n) is 3.36. The van der Waals surface area contributed by atoms with Crippen molar-refractivity contribution in [2.24, 2.45) is 0 Å². The molecule has 0 saturated carbocycles. The molecule has 0 atom stereocenters. The molecule has 1 heterocycles. The van der Waals surface area contributed by atoms with Crippen molar-refractivity contribution in [2.75, 3.05) is 17.8 Å². The first-order valence-corrected chi connectivity index (χ1v) is 8.15. The van der Waals surface area contributed by atoms with E-state index < -0.39 is 22.0 Å². The molecule has 6 nitrogen and oxygen atoms in total.